The zero-order valence-corrected chi connectivity index (χ0v) is 19.3. The highest BCUT2D eigenvalue weighted by Gasteiger charge is 2.32. The Morgan fingerprint density at radius 2 is 1.97 bits per heavy atom. The average molecular weight is 479 g/mol. The summed E-state index contributed by atoms with van der Waals surface area (Å²) < 4.78 is 28.3. The lowest BCUT2D eigenvalue weighted by atomic mass is 10.1. The van der Waals surface area contributed by atoms with Crippen LogP contribution in [-0.4, -0.2) is 36.1 Å². The normalized spacial score (nSPS) is 12.5. The summed E-state index contributed by atoms with van der Waals surface area (Å²) in [5.74, 6) is -0.592. The lowest BCUT2D eigenvalue weighted by Crippen LogP contribution is -2.47. The number of carbonyl (C=O) groups excluding carboxylic acids is 1. The summed E-state index contributed by atoms with van der Waals surface area (Å²) in [6.07, 6.45) is 1.07. The molecule has 1 atom stereocenters. The van der Waals surface area contributed by atoms with Crippen LogP contribution in [0.1, 0.15) is 20.3 Å². The number of aromatic nitrogens is 1. The summed E-state index contributed by atoms with van der Waals surface area (Å²) in [6.45, 7) is 4.04. The highest BCUT2D eigenvalue weighted by atomic mass is 32.2. The van der Waals surface area contributed by atoms with Gasteiger partial charge in [-0.15, -0.1) is 0 Å². The molecule has 1 heterocycles. The molecule has 170 valence electrons. The summed E-state index contributed by atoms with van der Waals surface area (Å²) in [6, 6.07) is 9.02. The maximum absolute atomic E-state index is 13.1. The molecule has 1 aromatic heterocycles. The molecule has 0 unspecified atom stereocenters. The number of anilines is 2. The van der Waals surface area contributed by atoms with E-state index in [0.717, 1.165) is 33.5 Å². The number of fused-ring (bicyclic) bond motifs is 1. The number of non-ortho nitro benzene ring substituents is 1. The van der Waals surface area contributed by atoms with Gasteiger partial charge in [0.05, 0.1) is 27.1 Å². The van der Waals surface area contributed by atoms with Gasteiger partial charge in [0.2, 0.25) is 15.9 Å². The summed E-state index contributed by atoms with van der Waals surface area (Å²) in [5, 5.41) is 13.8. The fourth-order valence-corrected chi connectivity index (χ4v) is 5.67. The molecule has 12 heteroatoms. The molecule has 1 N–H and O–H groups in total. The third kappa shape index (κ3) is 4.65. The molecule has 0 fully saturated rings. The second-order valence-corrected chi connectivity index (χ2v) is 9.90. The first-order valence-corrected chi connectivity index (χ1v) is 12.4. The standard InChI is InChI=1S/C20H22N4O6S2/c1-4-16(23(32(3,29)30)14-7-6-8-15(12-14)24(27)28)19(25)21-13-9-10-17-18(11-13)31-20(26)22(17)5-2/h6-12,16H,4-5H2,1-3H3,(H,21,25)/t16-/m0/s1. The Labute approximate surface area is 188 Å². The van der Waals surface area contributed by atoms with Crippen molar-refractivity contribution < 1.29 is 18.1 Å². The van der Waals surface area contributed by atoms with Crippen molar-refractivity contribution in [1.82, 2.24) is 4.57 Å². The van der Waals surface area contributed by atoms with E-state index in [1.54, 1.807) is 29.7 Å². The Morgan fingerprint density at radius 3 is 2.56 bits per heavy atom. The first-order chi connectivity index (χ1) is 15.1. The van der Waals surface area contributed by atoms with E-state index in [-0.39, 0.29) is 22.7 Å². The van der Waals surface area contributed by atoms with Crippen LogP contribution < -0.4 is 14.5 Å². The third-order valence-corrected chi connectivity index (χ3v) is 7.00. The topological polar surface area (TPSA) is 132 Å². The summed E-state index contributed by atoms with van der Waals surface area (Å²) in [5.41, 5.74) is 0.907. The van der Waals surface area contributed by atoms with Crippen molar-refractivity contribution in [2.75, 3.05) is 15.9 Å². The Balaban J connectivity index is 1.96. The Bertz CT molecular complexity index is 1350. The minimum absolute atomic E-state index is 0.0254. The fourth-order valence-electron chi connectivity index (χ4n) is 3.47. The van der Waals surface area contributed by atoms with E-state index in [1.807, 2.05) is 6.92 Å². The molecular weight excluding hydrogens is 456 g/mol. The molecule has 0 spiro atoms. The number of nitro groups is 1. The van der Waals surface area contributed by atoms with Gasteiger partial charge in [-0.05, 0) is 37.6 Å². The largest absolute Gasteiger partial charge is 0.324 e. The van der Waals surface area contributed by atoms with Gasteiger partial charge in [-0.2, -0.15) is 0 Å². The highest BCUT2D eigenvalue weighted by Crippen LogP contribution is 2.28. The van der Waals surface area contributed by atoms with Gasteiger partial charge in [0.25, 0.3) is 5.69 Å². The average Bonchev–Trinajstić information content (AvgIpc) is 3.04. The molecule has 3 rings (SSSR count). The van der Waals surface area contributed by atoms with Crippen LogP contribution in [0.5, 0.6) is 0 Å². The number of hydrogen-bond acceptors (Lipinski definition) is 7. The summed E-state index contributed by atoms with van der Waals surface area (Å²) >= 11 is 1.06. The second-order valence-electron chi connectivity index (χ2n) is 7.04. The molecule has 1 amide bonds. The molecule has 3 aromatic rings. The zero-order valence-electron chi connectivity index (χ0n) is 17.6. The molecule has 0 aliphatic carbocycles. The van der Waals surface area contributed by atoms with Gasteiger partial charge < -0.3 is 5.32 Å². The van der Waals surface area contributed by atoms with Crippen LogP contribution >= 0.6 is 11.3 Å². The van der Waals surface area contributed by atoms with Gasteiger partial charge in [0.1, 0.15) is 6.04 Å². The number of benzene rings is 2. The molecule has 10 nitrogen and oxygen atoms in total. The van der Waals surface area contributed by atoms with Crippen molar-refractivity contribution in [3.05, 3.63) is 62.2 Å². The molecule has 0 bridgehead atoms. The van der Waals surface area contributed by atoms with E-state index in [0.29, 0.717) is 16.9 Å². The van der Waals surface area contributed by atoms with Crippen molar-refractivity contribution in [3.63, 3.8) is 0 Å². The summed E-state index contributed by atoms with van der Waals surface area (Å²) in [7, 11) is -3.94. The van der Waals surface area contributed by atoms with Gasteiger partial charge in [-0.25, -0.2) is 8.42 Å². The highest BCUT2D eigenvalue weighted by molar-refractivity contribution is 7.92. The van der Waals surface area contributed by atoms with Gasteiger partial charge >= 0.3 is 4.87 Å². The van der Waals surface area contributed by atoms with Crippen LogP contribution in [0, 0.1) is 10.1 Å². The molecule has 32 heavy (non-hydrogen) atoms. The van der Waals surface area contributed by atoms with Crippen LogP contribution in [0.4, 0.5) is 17.1 Å². The van der Waals surface area contributed by atoms with Gasteiger partial charge in [0.15, 0.2) is 0 Å². The maximum Gasteiger partial charge on any atom is 0.308 e. The van der Waals surface area contributed by atoms with Crippen molar-refractivity contribution >= 4 is 54.5 Å². The van der Waals surface area contributed by atoms with Gasteiger partial charge in [-0.1, -0.05) is 24.3 Å². The van der Waals surface area contributed by atoms with E-state index in [1.165, 1.54) is 18.2 Å². The number of aryl methyl sites for hydroxylation is 1. The molecule has 2 aromatic carbocycles. The maximum atomic E-state index is 13.1. The summed E-state index contributed by atoms with van der Waals surface area (Å²) in [4.78, 5) is 35.5. The molecule has 0 saturated carbocycles. The number of sulfonamides is 1. The number of nitrogens with one attached hydrogen (secondary N) is 1. The van der Waals surface area contributed by atoms with E-state index in [4.69, 9.17) is 0 Å². The minimum atomic E-state index is -3.94. The lowest BCUT2D eigenvalue weighted by molar-refractivity contribution is -0.384. The molecule has 0 aliphatic heterocycles. The number of amides is 1. The van der Waals surface area contributed by atoms with E-state index < -0.39 is 26.9 Å². The predicted octanol–water partition coefficient (Wildman–Crippen LogP) is 3.17. The monoisotopic (exact) mass is 478 g/mol. The number of nitrogens with zero attached hydrogens (tertiary/aromatic N) is 3. The van der Waals surface area contributed by atoms with E-state index in [9.17, 15) is 28.1 Å². The molecular formula is C20H22N4O6S2. The van der Waals surface area contributed by atoms with Crippen LogP contribution in [0.3, 0.4) is 0 Å². The quantitative estimate of drug-likeness (QED) is 0.391. The SMILES string of the molecule is CC[C@@H](C(=O)Nc1ccc2c(c1)sc(=O)n2CC)N(c1cccc([N+](=O)[O-])c1)S(C)(=O)=O. The smallest absolute Gasteiger partial charge is 0.308 e. The Hall–Kier alpha value is -3.25. The minimum Gasteiger partial charge on any atom is -0.324 e. The second kappa shape index (κ2) is 9.09. The van der Waals surface area contributed by atoms with Crippen molar-refractivity contribution in [2.45, 2.75) is 32.9 Å². The first kappa shape index (κ1) is 23.4. The van der Waals surface area contributed by atoms with Crippen molar-refractivity contribution in [2.24, 2.45) is 0 Å². The van der Waals surface area contributed by atoms with Crippen LogP contribution in [0.15, 0.2) is 47.3 Å². The van der Waals surface area contributed by atoms with Crippen molar-refractivity contribution in [1.29, 1.82) is 0 Å². The molecule has 0 aliphatic rings. The van der Waals surface area contributed by atoms with Crippen LogP contribution in [-0.2, 0) is 21.4 Å². The Morgan fingerprint density at radius 1 is 1.25 bits per heavy atom. The fraction of sp³-hybridized carbons (Fsp3) is 0.300. The van der Waals surface area contributed by atoms with Gasteiger partial charge in [0, 0.05) is 24.4 Å². The molecule has 0 radical (unpaired) electrons. The van der Waals surface area contributed by atoms with E-state index >= 15 is 0 Å². The number of hydrogen-bond donors (Lipinski definition) is 1. The zero-order chi connectivity index (χ0) is 23.6. The number of rotatable bonds is 8. The predicted molar refractivity (Wildman–Crippen MR) is 125 cm³/mol. The van der Waals surface area contributed by atoms with E-state index in [2.05, 4.69) is 5.32 Å². The van der Waals surface area contributed by atoms with Crippen molar-refractivity contribution in [3.8, 4) is 0 Å². The Kier molecular flexibility index (Phi) is 6.65. The van der Waals surface area contributed by atoms with Crippen LogP contribution in [0.2, 0.25) is 0 Å². The third-order valence-electron chi connectivity index (χ3n) is 4.88. The number of carbonyl (C=O) groups is 1. The number of thiazole rings is 1. The number of nitro benzene ring substituents is 1. The first-order valence-electron chi connectivity index (χ1n) is 9.75. The lowest BCUT2D eigenvalue weighted by Gasteiger charge is -2.30. The van der Waals surface area contributed by atoms with Gasteiger partial charge in [-0.3, -0.25) is 28.6 Å². The van der Waals surface area contributed by atoms with Crippen LogP contribution in [0.25, 0.3) is 10.2 Å². The molecule has 0 saturated heterocycles.